The zero-order chi connectivity index (χ0) is 14.7. The van der Waals surface area contributed by atoms with Gasteiger partial charge in [0, 0.05) is 10.4 Å². The van der Waals surface area contributed by atoms with Gasteiger partial charge < -0.3 is 5.32 Å². The molecule has 3 heteroatoms. The molecule has 0 saturated heterocycles. The molecule has 0 saturated carbocycles. The van der Waals surface area contributed by atoms with Crippen LogP contribution < -0.4 is 5.32 Å². The smallest absolute Gasteiger partial charge is 0.124 e. The van der Waals surface area contributed by atoms with Gasteiger partial charge in [-0.1, -0.05) is 38.1 Å². The molecule has 0 aliphatic heterocycles. The van der Waals surface area contributed by atoms with E-state index in [0.29, 0.717) is 6.04 Å². The van der Waals surface area contributed by atoms with E-state index < -0.39 is 0 Å². The summed E-state index contributed by atoms with van der Waals surface area (Å²) in [6.45, 7) is 5.53. The number of hydrogen-bond acceptors (Lipinski definition) is 3. The second-order valence-corrected chi connectivity index (χ2v) is 6.82. The molecule has 1 aliphatic rings. The van der Waals surface area contributed by atoms with E-state index in [4.69, 9.17) is 4.98 Å². The molecule has 0 spiro atoms. The minimum absolute atomic E-state index is 0.465. The molecule has 1 unspecified atom stereocenters. The van der Waals surface area contributed by atoms with Gasteiger partial charge >= 0.3 is 0 Å². The molecule has 1 atom stereocenters. The fourth-order valence-corrected chi connectivity index (χ4v) is 4.31. The third-order valence-corrected chi connectivity index (χ3v) is 5.39. The molecule has 1 N–H and O–H groups in total. The zero-order valence-electron chi connectivity index (χ0n) is 13.0. The summed E-state index contributed by atoms with van der Waals surface area (Å²) in [7, 11) is 0. The Kier molecular flexibility index (Phi) is 4.71. The van der Waals surface area contributed by atoms with Crippen LogP contribution in [0, 0.1) is 0 Å². The van der Waals surface area contributed by atoms with Gasteiger partial charge in [-0.05, 0) is 44.2 Å². The monoisotopic (exact) mass is 300 g/mol. The van der Waals surface area contributed by atoms with E-state index >= 15 is 0 Å². The topological polar surface area (TPSA) is 24.9 Å². The lowest BCUT2D eigenvalue weighted by molar-refractivity contribution is 0.454. The summed E-state index contributed by atoms with van der Waals surface area (Å²) in [6.07, 6.45) is 5.96. The third-order valence-electron chi connectivity index (χ3n) is 4.22. The Morgan fingerprint density at radius 3 is 2.95 bits per heavy atom. The Morgan fingerprint density at radius 2 is 2.14 bits per heavy atom. The molecule has 0 bridgehead atoms. The lowest BCUT2D eigenvalue weighted by atomic mass is 9.97. The van der Waals surface area contributed by atoms with Gasteiger partial charge in [-0.15, -0.1) is 11.3 Å². The first-order valence-electron chi connectivity index (χ1n) is 8.14. The van der Waals surface area contributed by atoms with Crippen molar-refractivity contribution in [2.45, 2.75) is 52.0 Å². The molecule has 0 amide bonds. The van der Waals surface area contributed by atoms with Crippen molar-refractivity contribution in [3.63, 3.8) is 0 Å². The van der Waals surface area contributed by atoms with Crippen LogP contribution in [0.1, 0.15) is 55.3 Å². The minimum atomic E-state index is 0.465. The maximum absolute atomic E-state index is 5.02. The highest BCUT2D eigenvalue weighted by atomic mass is 32.1. The van der Waals surface area contributed by atoms with Crippen molar-refractivity contribution in [2.24, 2.45) is 0 Å². The van der Waals surface area contributed by atoms with Crippen LogP contribution in [0.15, 0.2) is 24.3 Å². The number of fused-ring (bicyclic) bond motifs is 1. The van der Waals surface area contributed by atoms with Crippen LogP contribution in [0.4, 0.5) is 0 Å². The molecule has 1 heterocycles. The van der Waals surface area contributed by atoms with Crippen LogP contribution in [-0.2, 0) is 12.8 Å². The van der Waals surface area contributed by atoms with Crippen LogP contribution in [-0.4, -0.2) is 11.5 Å². The molecule has 112 valence electrons. The normalized spacial score (nSPS) is 17.7. The predicted octanol–water partition coefficient (Wildman–Crippen LogP) is 4.75. The standard InChI is InChI=1S/C18H24N2S/c1-3-12-19-15-10-7-11-16-17(15)20-18(21-16)14-9-6-5-8-13(14)4-2/h5-6,8-9,15,19H,3-4,7,10-12H2,1-2H3. The van der Waals surface area contributed by atoms with Gasteiger partial charge in [0.15, 0.2) is 0 Å². The predicted molar refractivity (Wildman–Crippen MR) is 90.9 cm³/mol. The summed E-state index contributed by atoms with van der Waals surface area (Å²) >= 11 is 1.90. The third kappa shape index (κ3) is 3.04. The molecule has 3 rings (SSSR count). The Morgan fingerprint density at radius 1 is 1.29 bits per heavy atom. The summed E-state index contributed by atoms with van der Waals surface area (Å²) in [5.74, 6) is 0. The first-order chi connectivity index (χ1) is 10.3. The van der Waals surface area contributed by atoms with Gasteiger partial charge in [0.1, 0.15) is 5.01 Å². The van der Waals surface area contributed by atoms with E-state index in [1.54, 1.807) is 0 Å². The van der Waals surface area contributed by atoms with E-state index in [-0.39, 0.29) is 0 Å². The van der Waals surface area contributed by atoms with Crippen molar-refractivity contribution in [3.8, 4) is 10.6 Å². The molecular formula is C18H24N2S. The van der Waals surface area contributed by atoms with Gasteiger partial charge in [-0.2, -0.15) is 0 Å². The highest BCUT2D eigenvalue weighted by Gasteiger charge is 2.24. The number of thiazole rings is 1. The van der Waals surface area contributed by atoms with Gasteiger partial charge in [-0.3, -0.25) is 0 Å². The summed E-state index contributed by atoms with van der Waals surface area (Å²) < 4.78 is 0. The van der Waals surface area contributed by atoms with E-state index in [9.17, 15) is 0 Å². The minimum Gasteiger partial charge on any atom is -0.309 e. The van der Waals surface area contributed by atoms with Crippen molar-refractivity contribution < 1.29 is 0 Å². The maximum Gasteiger partial charge on any atom is 0.124 e. The highest BCUT2D eigenvalue weighted by Crippen LogP contribution is 2.38. The fraction of sp³-hybridized carbons (Fsp3) is 0.500. The molecule has 1 aromatic heterocycles. The molecule has 2 nitrogen and oxygen atoms in total. The van der Waals surface area contributed by atoms with E-state index in [0.717, 1.165) is 13.0 Å². The van der Waals surface area contributed by atoms with Crippen LogP contribution >= 0.6 is 11.3 Å². The van der Waals surface area contributed by atoms with Gasteiger partial charge in [0.2, 0.25) is 0 Å². The molecule has 0 radical (unpaired) electrons. The van der Waals surface area contributed by atoms with E-state index in [1.807, 2.05) is 11.3 Å². The number of rotatable bonds is 5. The van der Waals surface area contributed by atoms with Crippen molar-refractivity contribution in [1.29, 1.82) is 0 Å². The first-order valence-corrected chi connectivity index (χ1v) is 8.96. The van der Waals surface area contributed by atoms with Crippen LogP contribution in [0.25, 0.3) is 10.6 Å². The lowest BCUT2D eigenvalue weighted by Gasteiger charge is -2.22. The number of aromatic nitrogens is 1. The summed E-state index contributed by atoms with van der Waals surface area (Å²) in [5, 5.41) is 4.88. The highest BCUT2D eigenvalue weighted by molar-refractivity contribution is 7.15. The van der Waals surface area contributed by atoms with Crippen molar-refractivity contribution in [3.05, 3.63) is 40.4 Å². The Hall–Kier alpha value is -1.19. The second-order valence-electron chi connectivity index (χ2n) is 5.74. The summed E-state index contributed by atoms with van der Waals surface area (Å²) in [6, 6.07) is 9.16. The summed E-state index contributed by atoms with van der Waals surface area (Å²) in [4.78, 5) is 6.52. The number of aryl methyl sites for hydroxylation is 2. The van der Waals surface area contributed by atoms with Gasteiger partial charge in [0.05, 0.1) is 11.7 Å². The van der Waals surface area contributed by atoms with E-state index in [2.05, 4.69) is 43.4 Å². The molecular weight excluding hydrogens is 276 g/mol. The Bertz CT molecular complexity index is 603. The molecule has 21 heavy (non-hydrogen) atoms. The maximum atomic E-state index is 5.02. The quantitative estimate of drug-likeness (QED) is 0.862. The second kappa shape index (κ2) is 6.71. The number of hydrogen-bond donors (Lipinski definition) is 1. The first kappa shape index (κ1) is 14.7. The molecule has 0 fully saturated rings. The van der Waals surface area contributed by atoms with Crippen molar-refractivity contribution in [1.82, 2.24) is 10.3 Å². The van der Waals surface area contributed by atoms with Gasteiger partial charge in [-0.25, -0.2) is 4.98 Å². The number of benzene rings is 1. The van der Waals surface area contributed by atoms with Crippen LogP contribution in [0.2, 0.25) is 0 Å². The largest absolute Gasteiger partial charge is 0.309 e. The van der Waals surface area contributed by atoms with Crippen molar-refractivity contribution in [2.75, 3.05) is 6.54 Å². The summed E-state index contributed by atoms with van der Waals surface area (Å²) in [5.41, 5.74) is 4.05. The van der Waals surface area contributed by atoms with Crippen LogP contribution in [0.5, 0.6) is 0 Å². The fourth-order valence-electron chi connectivity index (χ4n) is 3.09. The number of nitrogens with one attached hydrogen (secondary N) is 1. The SMILES string of the molecule is CCCNC1CCCc2sc(-c3ccccc3CC)nc21. The molecule has 2 aromatic rings. The number of nitrogens with zero attached hydrogens (tertiary/aromatic N) is 1. The average molecular weight is 300 g/mol. The van der Waals surface area contributed by atoms with Crippen molar-refractivity contribution >= 4 is 11.3 Å². The molecule has 1 aliphatic carbocycles. The Balaban J connectivity index is 1.94. The van der Waals surface area contributed by atoms with E-state index in [1.165, 1.54) is 52.4 Å². The average Bonchev–Trinajstić information content (AvgIpc) is 2.97. The lowest BCUT2D eigenvalue weighted by Crippen LogP contribution is -2.25. The molecule has 1 aromatic carbocycles. The van der Waals surface area contributed by atoms with Gasteiger partial charge in [0.25, 0.3) is 0 Å². The van der Waals surface area contributed by atoms with Crippen LogP contribution in [0.3, 0.4) is 0 Å². The Labute approximate surface area is 131 Å². The zero-order valence-corrected chi connectivity index (χ0v) is 13.8.